The SMILES string of the molecule is CCCN1CCc2nc(-c3ccc(OCc4ccc(C(F)F)cc4)cc3)ccc2C1. The Hall–Kier alpha value is -2.79. The zero-order valence-electron chi connectivity index (χ0n) is 17.2. The van der Waals surface area contributed by atoms with Crippen molar-refractivity contribution in [3.05, 3.63) is 83.0 Å². The number of halogens is 2. The van der Waals surface area contributed by atoms with Crippen LogP contribution in [0.1, 0.15) is 42.2 Å². The largest absolute Gasteiger partial charge is 0.489 e. The van der Waals surface area contributed by atoms with Gasteiger partial charge in [-0.1, -0.05) is 37.3 Å². The zero-order chi connectivity index (χ0) is 20.9. The highest BCUT2D eigenvalue weighted by Gasteiger charge is 2.17. The lowest BCUT2D eigenvalue weighted by molar-refractivity contribution is 0.151. The quantitative estimate of drug-likeness (QED) is 0.477. The molecule has 5 heteroatoms. The Morgan fingerprint density at radius 3 is 2.47 bits per heavy atom. The van der Waals surface area contributed by atoms with Crippen LogP contribution < -0.4 is 4.74 Å². The van der Waals surface area contributed by atoms with Crippen LogP contribution in [-0.2, 0) is 19.6 Å². The Morgan fingerprint density at radius 1 is 1.00 bits per heavy atom. The van der Waals surface area contributed by atoms with Gasteiger partial charge in [0.2, 0.25) is 0 Å². The number of aromatic nitrogens is 1. The van der Waals surface area contributed by atoms with Gasteiger partial charge in [0.1, 0.15) is 12.4 Å². The van der Waals surface area contributed by atoms with Gasteiger partial charge in [-0.2, -0.15) is 0 Å². The maximum Gasteiger partial charge on any atom is 0.263 e. The summed E-state index contributed by atoms with van der Waals surface area (Å²) in [5.41, 5.74) is 5.45. The fourth-order valence-electron chi connectivity index (χ4n) is 3.79. The minimum atomic E-state index is -2.44. The maximum absolute atomic E-state index is 12.6. The number of nitrogens with zero attached hydrogens (tertiary/aromatic N) is 2. The Bertz CT molecular complexity index is 971. The molecule has 1 aliphatic heterocycles. The van der Waals surface area contributed by atoms with Crippen molar-refractivity contribution >= 4 is 0 Å². The average molecular weight is 408 g/mol. The van der Waals surface area contributed by atoms with Gasteiger partial charge in [0.25, 0.3) is 6.43 Å². The molecule has 0 saturated carbocycles. The van der Waals surface area contributed by atoms with Crippen molar-refractivity contribution in [1.29, 1.82) is 0 Å². The summed E-state index contributed by atoms with van der Waals surface area (Å²) in [5.74, 6) is 0.741. The first-order valence-corrected chi connectivity index (χ1v) is 10.4. The van der Waals surface area contributed by atoms with E-state index < -0.39 is 6.43 Å². The Labute approximate surface area is 176 Å². The molecule has 3 aromatic rings. The van der Waals surface area contributed by atoms with Crippen molar-refractivity contribution in [2.24, 2.45) is 0 Å². The topological polar surface area (TPSA) is 25.4 Å². The molecular weight excluding hydrogens is 382 g/mol. The predicted octanol–water partition coefficient (Wildman–Crippen LogP) is 6.03. The van der Waals surface area contributed by atoms with Crippen LogP contribution in [0.15, 0.2) is 60.7 Å². The molecule has 2 heterocycles. The second-order valence-corrected chi connectivity index (χ2v) is 7.68. The van der Waals surface area contributed by atoms with Crippen molar-refractivity contribution in [1.82, 2.24) is 9.88 Å². The van der Waals surface area contributed by atoms with E-state index >= 15 is 0 Å². The van der Waals surface area contributed by atoms with Crippen LogP contribution in [0.4, 0.5) is 8.78 Å². The summed E-state index contributed by atoms with van der Waals surface area (Å²) in [5, 5.41) is 0. The molecule has 156 valence electrons. The summed E-state index contributed by atoms with van der Waals surface area (Å²) in [4.78, 5) is 7.38. The van der Waals surface area contributed by atoms with Gasteiger partial charge < -0.3 is 4.74 Å². The molecule has 0 unspecified atom stereocenters. The summed E-state index contributed by atoms with van der Waals surface area (Å²) in [6.07, 6.45) is -0.273. The third-order valence-corrected chi connectivity index (χ3v) is 5.45. The maximum atomic E-state index is 12.6. The monoisotopic (exact) mass is 408 g/mol. The molecule has 0 aliphatic carbocycles. The Kier molecular flexibility index (Phi) is 6.38. The number of hydrogen-bond acceptors (Lipinski definition) is 3. The molecule has 2 aromatic carbocycles. The lowest BCUT2D eigenvalue weighted by Gasteiger charge is -2.27. The van der Waals surface area contributed by atoms with Gasteiger partial charge in [0.15, 0.2) is 0 Å². The zero-order valence-corrected chi connectivity index (χ0v) is 17.2. The third kappa shape index (κ3) is 4.85. The van der Waals surface area contributed by atoms with E-state index in [4.69, 9.17) is 9.72 Å². The molecule has 3 nitrogen and oxygen atoms in total. The van der Waals surface area contributed by atoms with Gasteiger partial charge in [-0.05, 0) is 54.4 Å². The molecule has 1 aromatic heterocycles. The van der Waals surface area contributed by atoms with E-state index in [1.165, 1.54) is 29.8 Å². The van der Waals surface area contributed by atoms with E-state index in [1.54, 1.807) is 12.1 Å². The molecule has 0 bridgehead atoms. The van der Waals surface area contributed by atoms with Crippen molar-refractivity contribution in [2.45, 2.75) is 39.3 Å². The lowest BCUT2D eigenvalue weighted by atomic mass is 10.0. The molecule has 0 atom stereocenters. The van der Waals surface area contributed by atoms with Gasteiger partial charge in [-0.15, -0.1) is 0 Å². The number of fused-ring (bicyclic) bond motifs is 1. The molecule has 0 fully saturated rings. The van der Waals surface area contributed by atoms with E-state index in [0.717, 1.165) is 48.6 Å². The first-order chi connectivity index (χ1) is 14.6. The first-order valence-electron chi connectivity index (χ1n) is 10.4. The van der Waals surface area contributed by atoms with Crippen molar-refractivity contribution in [3.8, 4) is 17.0 Å². The van der Waals surface area contributed by atoms with E-state index in [1.807, 2.05) is 24.3 Å². The van der Waals surface area contributed by atoms with E-state index in [9.17, 15) is 8.78 Å². The molecule has 0 saturated heterocycles. The molecule has 0 N–H and O–H groups in total. The smallest absolute Gasteiger partial charge is 0.263 e. The van der Waals surface area contributed by atoms with E-state index in [0.29, 0.717) is 6.61 Å². The van der Waals surface area contributed by atoms with Gasteiger partial charge >= 0.3 is 0 Å². The first kappa shape index (κ1) is 20.5. The average Bonchev–Trinajstić information content (AvgIpc) is 2.78. The number of benzene rings is 2. The predicted molar refractivity (Wildman–Crippen MR) is 115 cm³/mol. The normalized spacial score (nSPS) is 14.0. The summed E-state index contributed by atoms with van der Waals surface area (Å²) in [6.45, 7) is 5.75. The molecule has 0 amide bonds. The fourth-order valence-corrected chi connectivity index (χ4v) is 3.79. The number of rotatable bonds is 7. The van der Waals surface area contributed by atoms with Crippen LogP contribution in [-0.4, -0.2) is 23.0 Å². The highest BCUT2D eigenvalue weighted by Crippen LogP contribution is 2.25. The Morgan fingerprint density at radius 2 is 1.77 bits per heavy atom. The molecule has 1 aliphatic rings. The highest BCUT2D eigenvalue weighted by molar-refractivity contribution is 5.60. The summed E-state index contributed by atoms with van der Waals surface area (Å²) in [7, 11) is 0. The van der Waals surface area contributed by atoms with Crippen LogP contribution in [0.25, 0.3) is 11.3 Å². The molecular formula is C25H26F2N2O. The molecule has 0 radical (unpaired) electrons. The fraction of sp³-hybridized carbons (Fsp3) is 0.320. The molecule has 0 spiro atoms. The summed E-state index contributed by atoms with van der Waals surface area (Å²) >= 11 is 0. The molecule has 30 heavy (non-hydrogen) atoms. The number of hydrogen-bond donors (Lipinski definition) is 0. The third-order valence-electron chi connectivity index (χ3n) is 5.45. The molecule has 4 rings (SSSR count). The second-order valence-electron chi connectivity index (χ2n) is 7.68. The van der Waals surface area contributed by atoms with Crippen LogP contribution in [0.3, 0.4) is 0 Å². The van der Waals surface area contributed by atoms with Crippen molar-refractivity contribution < 1.29 is 13.5 Å². The van der Waals surface area contributed by atoms with Crippen LogP contribution in [0.5, 0.6) is 5.75 Å². The Balaban J connectivity index is 1.39. The number of pyridine rings is 1. The van der Waals surface area contributed by atoms with Crippen LogP contribution in [0, 0.1) is 0 Å². The van der Waals surface area contributed by atoms with Crippen LogP contribution >= 0.6 is 0 Å². The van der Waals surface area contributed by atoms with Gasteiger partial charge in [0, 0.05) is 36.3 Å². The highest BCUT2D eigenvalue weighted by atomic mass is 19.3. The minimum absolute atomic E-state index is 0.0266. The van der Waals surface area contributed by atoms with Crippen molar-refractivity contribution in [3.63, 3.8) is 0 Å². The van der Waals surface area contributed by atoms with E-state index in [-0.39, 0.29) is 5.56 Å². The lowest BCUT2D eigenvalue weighted by Crippen LogP contribution is -2.31. The van der Waals surface area contributed by atoms with Crippen LogP contribution in [0.2, 0.25) is 0 Å². The summed E-state index contributed by atoms with van der Waals surface area (Å²) < 4.78 is 31.1. The minimum Gasteiger partial charge on any atom is -0.489 e. The van der Waals surface area contributed by atoms with Gasteiger partial charge in [-0.3, -0.25) is 9.88 Å². The second kappa shape index (κ2) is 9.35. The van der Waals surface area contributed by atoms with E-state index in [2.05, 4.69) is 24.0 Å². The van der Waals surface area contributed by atoms with Gasteiger partial charge in [-0.25, -0.2) is 8.78 Å². The number of ether oxygens (including phenoxy) is 1. The summed E-state index contributed by atoms with van der Waals surface area (Å²) in [6, 6.07) is 18.4. The van der Waals surface area contributed by atoms with Crippen molar-refractivity contribution in [2.75, 3.05) is 13.1 Å². The standard InChI is InChI=1S/C25H26F2N2O/c1-2-14-29-15-13-24-21(16-29)9-12-23(28-24)19-7-10-22(11-8-19)30-17-18-3-5-20(6-4-18)25(26)27/h3-12,25H,2,13-17H2,1H3. The van der Waals surface area contributed by atoms with Gasteiger partial charge in [0.05, 0.1) is 5.69 Å². The number of alkyl halides is 2.